The highest BCUT2D eigenvalue weighted by Crippen LogP contribution is 2.42. The smallest absolute Gasteiger partial charge is 0.331 e. The first-order valence-corrected chi connectivity index (χ1v) is 6.65. The van der Waals surface area contributed by atoms with Crippen LogP contribution in [0.1, 0.15) is 26.7 Å². The summed E-state index contributed by atoms with van der Waals surface area (Å²) in [6.45, 7) is 4.13. The normalized spacial score (nSPS) is 17.9. The predicted molar refractivity (Wildman–Crippen MR) is 72.8 cm³/mol. The van der Waals surface area contributed by atoms with Gasteiger partial charge in [-0.15, -0.1) is 0 Å². The second-order valence-corrected chi connectivity index (χ2v) is 5.27. The molecule has 0 radical (unpaired) electrons. The van der Waals surface area contributed by atoms with Gasteiger partial charge in [-0.1, -0.05) is 17.7 Å². The van der Waals surface area contributed by atoms with Gasteiger partial charge in [0.2, 0.25) is 0 Å². The number of benzene rings is 1. The molecule has 1 saturated carbocycles. The van der Waals surface area contributed by atoms with E-state index in [9.17, 15) is 4.79 Å². The molecule has 0 aromatic heterocycles. The molecule has 0 amide bonds. The van der Waals surface area contributed by atoms with E-state index in [1.807, 2.05) is 38.1 Å². The van der Waals surface area contributed by atoms with Crippen LogP contribution < -0.4 is 5.32 Å². The minimum absolute atomic E-state index is 0.188. The third-order valence-electron chi connectivity index (χ3n) is 3.32. The van der Waals surface area contributed by atoms with E-state index in [1.54, 1.807) is 0 Å². The first kappa shape index (κ1) is 13.2. The molecule has 1 fully saturated rings. The van der Waals surface area contributed by atoms with Gasteiger partial charge in [-0.25, -0.2) is 4.79 Å². The van der Waals surface area contributed by atoms with Crippen LogP contribution in [0, 0.1) is 5.92 Å². The van der Waals surface area contributed by atoms with Crippen molar-refractivity contribution < 1.29 is 9.53 Å². The van der Waals surface area contributed by atoms with Crippen LogP contribution in [0.2, 0.25) is 5.02 Å². The van der Waals surface area contributed by atoms with Crippen LogP contribution in [0.15, 0.2) is 24.3 Å². The Balaban J connectivity index is 2.18. The van der Waals surface area contributed by atoms with Crippen LogP contribution in [0.5, 0.6) is 0 Å². The lowest BCUT2D eigenvalue weighted by molar-refractivity contribution is -0.148. The van der Waals surface area contributed by atoms with E-state index in [0.717, 1.165) is 18.5 Å². The topological polar surface area (TPSA) is 38.3 Å². The maximum Gasteiger partial charge on any atom is 0.331 e. The Hall–Kier alpha value is -1.22. The van der Waals surface area contributed by atoms with Gasteiger partial charge in [0, 0.05) is 10.7 Å². The van der Waals surface area contributed by atoms with E-state index in [-0.39, 0.29) is 5.97 Å². The molecule has 1 aliphatic carbocycles. The average Bonchev–Trinajstić information content (AvgIpc) is 3.13. The highest BCUT2D eigenvalue weighted by molar-refractivity contribution is 6.30. The fraction of sp³-hybridized carbons (Fsp3) is 0.500. The zero-order valence-corrected chi connectivity index (χ0v) is 11.5. The molecule has 3 nitrogen and oxygen atoms in total. The number of rotatable bonds is 5. The molecule has 1 aliphatic rings. The first-order valence-electron chi connectivity index (χ1n) is 6.27. The van der Waals surface area contributed by atoms with Crippen LogP contribution in [-0.2, 0) is 9.53 Å². The second-order valence-electron chi connectivity index (χ2n) is 4.83. The summed E-state index contributed by atoms with van der Waals surface area (Å²) in [7, 11) is 0. The number of carbonyl (C=O) groups excluding carboxylic acids is 1. The van der Waals surface area contributed by atoms with Gasteiger partial charge in [-0.2, -0.15) is 0 Å². The van der Waals surface area contributed by atoms with Gasteiger partial charge in [-0.3, -0.25) is 0 Å². The van der Waals surface area contributed by atoms with Crippen LogP contribution in [0.4, 0.5) is 5.69 Å². The van der Waals surface area contributed by atoms with Crippen LogP contribution >= 0.6 is 11.6 Å². The number of anilines is 1. The molecule has 98 valence electrons. The largest absolute Gasteiger partial charge is 0.464 e. The van der Waals surface area contributed by atoms with Crippen molar-refractivity contribution in [1.29, 1.82) is 0 Å². The summed E-state index contributed by atoms with van der Waals surface area (Å²) in [6.07, 6.45) is 2.12. The number of nitrogens with one attached hydrogen (secondary N) is 1. The minimum atomic E-state index is -0.652. The summed E-state index contributed by atoms with van der Waals surface area (Å²) < 4.78 is 5.18. The van der Waals surface area contributed by atoms with Crippen molar-refractivity contribution in [1.82, 2.24) is 0 Å². The maximum atomic E-state index is 12.1. The highest BCUT2D eigenvalue weighted by atomic mass is 35.5. The Morgan fingerprint density at radius 2 is 2.28 bits per heavy atom. The summed E-state index contributed by atoms with van der Waals surface area (Å²) in [5.74, 6) is 0.156. The molecule has 1 atom stereocenters. The summed E-state index contributed by atoms with van der Waals surface area (Å²) >= 11 is 5.95. The number of hydrogen-bond acceptors (Lipinski definition) is 3. The maximum absolute atomic E-state index is 12.1. The zero-order valence-electron chi connectivity index (χ0n) is 10.7. The summed E-state index contributed by atoms with van der Waals surface area (Å²) in [5, 5.41) is 3.94. The molecule has 2 rings (SSSR count). The lowest BCUT2D eigenvalue weighted by Gasteiger charge is -2.29. The SMILES string of the molecule is CCOC(=O)C(C)(Nc1cccc(Cl)c1)C1CC1. The van der Waals surface area contributed by atoms with Crippen molar-refractivity contribution >= 4 is 23.3 Å². The number of hydrogen-bond donors (Lipinski definition) is 1. The zero-order chi connectivity index (χ0) is 13.2. The molecule has 0 aliphatic heterocycles. The summed E-state index contributed by atoms with van der Waals surface area (Å²) in [5.41, 5.74) is 0.200. The molecule has 0 saturated heterocycles. The summed E-state index contributed by atoms with van der Waals surface area (Å²) in [4.78, 5) is 12.1. The Bertz CT molecular complexity index is 445. The molecular formula is C14H18ClNO2. The van der Waals surface area contributed by atoms with Crippen molar-refractivity contribution in [2.24, 2.45) is 5.92 Å². The highest BCUT2D eigenvalue weighted by Gasteiger charge is 2.48. The number of carbonyl (C=O) groups is 1. The van der Waals surface area contributed by atoms with Crippen molar-refractivity contribution in [2.75, 3.05) is 11.9 Å². The van der Waals surface area contributed by atoms with E-state index >= 15 is 0 Å². The molecule has 0 spiro atoms. The molecule has 0 heterocycles. The van der Waals surface area contributed by atoms with E-state index in [2.05, 4.69) is 5.32 Å². The van der Waals surface area contributed by atoms with Crippen LogP contribution in [0.3, 0.4) is 0 Å². The molecule has 1 aromatic carbocycles. The lowest BCUT2D eigenvalue weighted by Crippen LogP contribution is -2.46. The quantitative estimate of drug-likeness (QED) is 0.830. The predicted octanol–water partition coefficient (Wildman–Crippen LogP) is 3.48. The van der Waals surface area contributed by atoms with E-state index in [1.165, 1.54) is 0 Å². The van der Waals surface area contributed by atoms with Gasteiger partial charge < -0.3 is 10.1 Å². The molecule has 18 heavy (non-hydrogen) atoms. The van der Waals surface area contributed by atoms with Gasteiger partial charge >= 0.3 is 5.97 Å². The van der Waals surface area contributed by atoms with E-state index in [4.69, 9.17) is 16.3 Å². The van der Waals surface area contributed by atoms with Crippen LogP contribution in [0.25, 0.3) is 0 Å². The van der Waals surface area contributed by atoms with E-state index in [0.29, 0.717) is 17.5 Å². The fourth-order valence-electron chi connectivity index (χ4n) is 2.13. The average molecular weight is 268 g/mol. The Labute approximate surface area is 112 Å². The fourth-order valence-corrected chi connectivity index (χ4v) is 2.32. The lowest BCUT2D eigenvalue weighted by atomic mass is 9.95. The van der Waals surface area contributed by atoms with Gasteiger partial charge in [0.1, 0.15) is 5.54 Å². The third-order valence-corrected chi connectivity index (χ3v) is 3.56. The summed E-state index contributed by atoms with van der Waals surface area (Å²) in [6, 6.07) is 7.40. The van der Waals surface area contributed by atoms with Crippen molar-refractivity contribution in [3.63, 3.8) is 0 Å². The molecule has 1 N–H and O–H groups in total. The van der Waals surface area contributed by atoms with E-state index < -0.39 is 5.54 Å². The van der Waals surface area contributed by atoms with Crippen molar-refractivity contribution in [2.45, 2.75) is 32.2 Å². The monoisotopic (exact) mass is 267 g/mol. The number of halogens is 1. The van der Waals surface area contributed by atoms with Gasteiger partial charge in [0.15, 0.2) is 0 Å². The molecule has 1 unspecified atom stereocenters. The Morgan fingerprint density at radius 3 is 2.83 bits per heavy atom. The third kappa shape index (κ3) is 2.78. The molecule has 4 heteroatoms. The Morgan fingerprint density at radius 1 is 1.56 bits per heavy atom. The van der Waals surface area contributed by atoms with Crippen molar-refractivity contribution in [3.05, 3.63) is 29.3 Å². The molecule has 1 aromatic rings. The molecular weight excluding hydrogens is 250 g/mol. The standard InChI is InChI=1S/C14H18ClNO2/c1-3-18-13(17)14(2,10-7-8-10)16-12-6-4-5-11(15)9-12/h4-6,9-10,16H,3,7-8H2,1-2H3. The van der Waals surface area contributed by atoms with Gasteiger partial charge in [0.25, 0.3) is 0 Å². The van der Waals surface area contributed by atoms with Crippen LogP contribution in [-0.4, -0.2) is 18.1 Å². The van der Waals surface area contributed by atoms with Crippen molar-refractivity contribution in [3.8, 4) is 0 Å². The number of esters is 1. The van der Waals surface area contributed by atoms with Gasteiger partial charge in [0.05, 0.1) is 6.61 Å². The van der Waals surface area contributed by atoms with Gasteiger partial charge in [-0.05, 0) is 50.8 Å². The second kappa shape index (κ2) is 5.19. The first-order chi connectivity index (χ1) is 8.56. The molecule has 0 bridgehead atoms. The minimum Gasteiger partial charge on any atom is -0.464 e. The number of ether oxygens (including phenoxy) is 1. The Kier molecular flexibility index (Phi) is 3.81.